The molecule has 6 nitrogen and oxygen atoms in total. The van der Waals surface area contributed by atoms with E-state index < -0.39 is 5.91 Å². The number of amides is 2. The largest absolute Gasteiger partial charge is 0.490 e. The first-order valence-corrected chi connectivity index (χ1v) is 9.64. The van der Waals surface area contributed by atoms with Crippen LogP contribution in [-0.2, 0) is 11.2 Å². The predicted molar refractivity (Wildman–Crippen MR) is 106 cm³/mol. The highest BCUT2D eigenvalue weighted by atomic mass is 79.9. The average Bonchev–Trinajstić information content (AvgIpc) is 2.91. The quantitative estimate of drug-likeness (QED) is 0.611. The third-order valence-electron chi connectivity index (χ3n) is 3.77. The van der Waals surface area contributed by atoms with E-state index >= 15 is 0 Å². The van der Waals surface area contributed by atoms with Crippen LogP contribution in [0.25, 0.3) is 0 Å². The highest BCUT2D eigenvalue weighted by Crippen LogP contribution is 2.34. The van der Waals surface area contributed by atoms with Crippen molar-refractivity contribution in [3.05, 3.63) is 44.2 Å². The molecular formula is C18H21BrN2O4S. The van der Waals surface area contributed by atoms with Gasteiger partial charge in [-0.05, 0) is 37.1 Å². The Bertz CT molecular complexity index is 820. The number of nitrogens with one attached hydrogen (secondary N) is 1. The molecule has 3 N–H and O–H groups in total. The molecule has 0 atom stereocenters. The summed E-state index contributed by atoms with van der Waals surface area (Å²) < 4.78 is 11.3. The molecule has 1 heterocycles. The molecule has 2 aromatic rings. The number of hydrogen-bond donors (Lipinski definition) is 2. The van der Waals surface area contributed by atoms with Crippen molar-refractivity contribution < 1.29 is 19.1 Å². The summed E-state index contributed by atoms with van der Waals surface area (Å²) in [6, 6.07) is 5.17. The van der Waals surface area contributed by atoms with Crippen LogP contribution in [0.3, 0.4) is 0 Å². The summed E-state index contributed by atoms with van der Waals surface area (Å²) in [5, 5.41) is 3.27. The first kappa shape index (κ1) is 20.4. The van der Waals surface area contributed by atoms with Crippen LogP contribution in [0.15, 0.2) is 22.7 Å². The van der Waals surface area contributed by atoms with Crippen LogP contribution in [0, 0.1) is 6.92 Å². The molecular weight excluding hydrogens is 420 g/mol. The third kappa shape index (κ3) is 4.63. The van der Waals surface area contributed by atoms with Gasteiger partial charge < -0.3 is 20.5 Å². The smallest absolute Gasteiger partial charge is 0.260 e. The van der Waals surface area contributed by atoms with Gasteiger partial charge in [0.25, 0.3) is 11.8 Å². The van der Waals surface area contributed by atoms with E-state index in [2.05, 4.69) is 21.2 Å². The molecule has 0 saturated carbocycles. The zero-order chi connectivity index (χ0) is 19.3. The number of primary amides is 1. The van der Waals surface area contributed by atoms with Crippen molar-refractivity contribution in [2.75, 3.05) is 25.6 Å². The van der Waals surface area contributed by atoms with Crippen LogP contribution in [0.4, 0.5) is 5.00 Å². The first-order chi connectivity index (χ1) is 12.4. The zero-order valence-electron chi connectivity index (χ0n) is 14.8. The molecule has 2 rings (SSSR count). The van der Waals surface area contributed by atoms with E-state index in [9.17, 15) is 9.59 Å². The van der Waals surface area contributed by atoms with Gasteiger partial charge in [0.15, 0.2) is 0 Å². The van der Waals surface area contributed by atoms with Gasteiger partial charge in [-0.15, -0.1) is 11.3 Å². The fourth-order valence-electron chi connectivity index (χ4n) is 2.56. The number of halogens is 1. The van der Waals surface area contributed by atoms with E-state index in [1.807, 2.05) is 13.8 Å². The lowest BCUT2D eigenvalue weighted by Gasteiger charge is -2.12. The Morgan fingerprint density at radius 1 is 1.31 bits per heavy atom. The Kier molecular flexibility index (Phi) is 7.19. The number of carbonyl (C=O) groups excluding carboxylic acids is 2. The maximum absolute atomic E-state index is 12.8. The molecule has 0 fully saturated rings. The second kappa shape index (κ2) is 9.16. The van der Waals surface area contributed by atoms with Gasteiger partial charge in [0.05, 0.1) is 17.7 Å². The SMILES string of the molecule is CCc1c(C)sc(NC(=O)c2cc(Br)ccc2OCCOC)c1C(N)=O. The minimum Gasteiger partial charge on any atom is -0.490 e. The van der Waals surface area contributed by atoms with E-state index in [-0.39, 0.29) is 5.91 Å². The number of aryl methyl sites for hydroxylation is 1. The van der Waals surface area contributed by atoms with Gasteiger partial charge in [0, 0.05) is 16.5 Å². The molecule has 0 aliphatic rings. The van der Waals surface area contributed by atoms with Crippen LogP contribution in [0.5, 0.6) is 5.75 Å². The number of nitrogens with two attached hydrogens (primary N) is 1. The summed E-state index contributed by atoms with van der Waals surface area (Å²) in [7, 11) is 1.58. The molecule has 0 bridgehead atoms. The number of anilines is 1. The van der Waals surface area contributed by atoms with Crippen molar-refractivity contribution >= 4 is 44.1 Å². The van der Waals surface area contributed by atoms with Gasteiger partial charge in [-0.1, -0.05) is 22.9 Å². The fourth-order valence-corrected chi connectivity index (χ4v) is 4.07. The van der Waals surface area contributed by atoms with Crippen LogP contribution in [0.2, 0.25) is 0 Å². The van der Waals surface area contributed by atoms with Gasteiger partial charge in [-0.3, -0.25) is 9.59 Å². The number of hydrogen-bond acceptors (Lipinski definition) is 5. The number of thiophene rings is 1. The van der Waals surface area contributed by atoms with Crippen molar-refractivity contribution in [2.45, 2.75) is 20.3 Å². The van der Waals surface area contributed by atoms with Crippen molar-refractivity contribution in [2.24, 2.45) is 5.73 Å². The fraction of sp³-hybridized carbons (Fsp3) is 0.333. The lowest BCUT2D eigenvalue weighted by atomic mass is 10.1. The van der Waals surface area contributed by atoms with Gasteiger partial charge >= 0.3 is 0 Å². The molecule has 0 aliphatic heterocycles. The molecule has 1 aromatic heterocycles. The summed E-state index contributed by atoms with van der Waals surface area (Å²) in [5.74, 6) is -0.482. The maximum Gasteiger partial charge on any atom is 0.260 e. The Hall–Kier alpha value is -1.90. The van der Waals surface area contributed by atoms with Gasteiger partial charge in [-0.25, -0.2) is 0 Å². The lowest BCUT2D eigenvalue weighted by molar-refractivity contribution is 0.100. The third-order valence-corrected chi connectivity index (χ3v) is 5.32. The Morgan fingerprint density at radius 2 is 2.04 bits per heavy atom. The first-order valence-electron chi connectivity index (χ1n) is 8.03. The molecule has 0 aliphatic carbocycles. The number of ether oxygens (including phenoxy) is 2. The minimum absolute atomic E-state index is 0.322. The Morgan fingerprint density at radius 3 is 2.65 bits per heavy atom. The molecule has 140 valence electrons. The average molecular weight is 441 g/mol. The van der Waals surface area contributed by atoms with E-state index in [4.69, 9.17) is 15.2 Å². The highest BCUT2D eigenvalue weighted by Gasteiger charge is 2.22. The molecule has 8 heteroatoms. The van der Waals surface area contributed by atoms with E-state index in [1.165, 1.54) is 11.3 Å². The minimum atomic E-state index is -0.549. The second-order valence-electron chi connectivity index (χ2n) is 5.49. The summed E-state index contributed by atoms with van der Waals surface area (Å²) in [5.41, 5.74) is 7.12. The van der Waals surface area contributed by atoms with Crippen molar-refractivity contribution in [3.8, 4) is 5.75 Å². The zero-order valence-corrected chi connectivity index (χ0v) is 17.3. The molecule has 2 amide bonds. The highest BCUT2D eigenvalue weighted by molar-refractivity contribution is 9.10. The van der Waals surface area contributed by atoms with Gasteiger partial charge in [0.1, 0.15) is 17.4 Å². The maximum atomic E-state index is 12.8. The van der Waals surface area contributed by atoms with Crippen molar-refractivity contribution in [1.82, 2.24) is 0 Å². The Labute approximate surface area is 164 Å². The van der Waals surface area contributed by atoms with Gasteiger partial charge in [0.2, 0.25) is 0 Å². The van der Waals surface area contributed by atoms with E-state index in [1.54, 1.807) is 25.3 Å². The standard InChI is InChI=1S/C18H21BrN2O4S/c1-4-12-10(2)26-18(15(12)16(20)22)21-17(23)13-9-11(19)5-6-14(13)25-8-7-24-3/h5-6,9H,4,7-8H2,1-3H3,(H2,20,22)(H,21,23). The van der Waals surface area contributed by atoms with E-state index in [0.717, 1.165) is 14.9 Å². The monoisotopic (exact) mass is 440 g/mol. The molecule has 1 aromatic carbocycles. The predicted octanol–water partition coefficient (Wildman–Crippen LogP) is 3.76. The van der Waals surface area contributed by atoms with Crippen LogP contribution < -0.4 is 15.8 Å². The lowest BCUT2D eigenvalue weighted by Crippen LogP contribution is -2.19. The summed E-state index contributed by atoms with van der Waals surface area (Å²) in [6.45, 7) is 4.59. The topological polar surface area (TPSA) is 90.7 Å². The molecule has 0 radical (unpaired) electrons. The van der Waals surface area contributed by atoms with Crippen molar-refractivity contribution in [1.29, 1.82) is 0 Å². The Balaban J connectivity index is 2.33. The van der Waals surface area contributed by atoms with E-state index in [0.29, 0.717) is 41.5 Å². The second-order valence-corrected chi connectivity index (χ2v) is 7.64. The van der Waals surface area contributed by atoms with Gasteiger partial charge in [-0.2, -0.15) is 0 Å². The van der Waals surface area contributed by atoms with Crippen LogP contribution in [-0.4, -0.2) is 32.1 Å². The number of methoxy groups -OCH3 is 1. The summed E-state index contributed by atoms with van der Waals surface area (Å²) in [4.78, 5) is 25.6. The molecule has 26 heavy (non-hydrogen) atoms. The summed E-state index contributed by atoms with van der Waals surface area (Å²) >= 11 is 4.71. The number of carbonyl (C=O) groups is 2. The molecule has 0 unspecified atom stereocenters. The normalized spacial score (nSPS) is 10.6. The van der Waals surface area contributed by atoms with Crippen LogP contribution >= 0.6 is 27.3 Å². The molecule has 0 saturated heterocycles. The molecule has 0 spiro atoms. The number of benzene rings is 1. The summed E-state index contributed by atoms with van der Waals surface area (Å²) in [6.07, 6.45) is 0.665. The number of rotatable bonds is 8. The van der Waals surface area contributed by atoms with Crippen molar-refractivity contribution in [3.63, 3.8) is 0 Å². The van der Waals surface area contributed by atoms with Crippen LogP contribution in [0.1, 0.15) is 38.1 Å².